The molecule has 1 aromatic rings. The van der Waals surface area contributed by atoms with E-state index in [0.717, 1.165) is 24.9 Å². The Morgan fingerprint density at radius 1 is 1.35 bits per heavy atom. The maximum absolute atomic E-state index is 13.3. The zero-order chi connectivity index (χ0) is 17.6. The number of halogens is 5. The molecule has 0 saturated carbocycles. The number of hydrogen-bond donors (Lipinski definition) is 1. The number of benzene rings is 1. The number of aliphatic imine (C=N–C) groups is 1. The summed E-state index contributed by atoms with van der Waals surface area (Å²) in [4.78, 5) is 14.7. The molecule has 0 unspecified atom stereocenters. The first-order chi connectivity index (χ1) is 10.7. The molecule has 0 radical (unpaired) electrons. The number of rotatable bonds is 6. The quantitative estimate of drug-likeness (QED) is 0.130. The SMILES string of the molecule is CN=C(/C=C(Sc1c(Cl)cccc1Cl)\C(C=O)=C/O)C(F)(F)Cl. The normalized spacial score (nSPS) is 14.1. The maximum Gasteiger partial charge on any atom is 0.364 e. The van der Waals surface area contributed by atoms with E-state index in [1.165, 1.54) is 0 Å². The van der Waals surface area contributed by atoms with Crippen molar-refractivity contribution in [3.63, 3.8) is 0 Å². The number of alkyl halides is 3. The molecule has 23 heavy (non-hydrogen) atoms. The van der Waals surface area contributed by atoms with Crippen LogP contribution in [0.3, 0.4) is 0 Å². The molecular formula is C14H10Cl3F2NO2S. The van der Waals surface area contributed by atoms with Crippen LogP contribution in [0, 0.1) is 0 Å². The Labute approximate surface area is 150 Å². The summed E-state index contributed by atoms with van der Waals surface area (Å²) in [5, 5.41) is 5.89. The predicted molar refractivity (Wildman–Crippen MR) is 91.3 cm³/mol. The Morgan fingerprint density at radius 2 is 1.91 bits per heavy atom. The fraction of sp³-hybridized carbons (Fsp3) is 0.143. The van der Waals surface area contributed by atoms with E-state index < -0.39 is 11.1 Å². The van der Waals surface area contributed by atoms with Crippen LogP contribution >= 0.6 is 46.6 Å². The minimum absolute atomic E-state index is 0.0431. The highest BCUT2D eigenvalue weighted by molar-refractivity contribution is 8.03. The minimum Gasteiger partial charge on any atom is -0.515 e. The largest absolute Gasteiger partial charge is 0.515 e. The average molecular weight is 401 g/mol. The van der Waals surface area contributed by atoms with Gasteiger partial charge < -0.3 is 5.11 Å². The van der Waals surface area contributed by atoms with E-state index >= 15 is 0 Å². The van der Waals surface area contributed by atoms with Crippen LogP contribution in [0.4, 0.5) is 8.78 Å². The third-order valence-electron chi connectivity index (χ3n) is 2.48. The van der Waals surface area contributed by atoms with E-state index in [9.17, 15) is 13.6 Å². The monoisotopic (exact) mass is 399 g/mol. The number of carbonyl (C=O) groups excluding carboxylic acids is 1. The molecular weight excluding hydrogens is 391 g/mol. The van der Waals surface area contributed by atoms with E-state index in [-0.39, 0.29) is 20.5 Å². The summed E-state index contributed by atoms with van der Waals surface area (Å²) in [6.45, 7) is 0. The molecule has 0 spiro atoms. The molecule has 0 aliphatic rings. The maximum atomic E-state index is 13.3. The molecule has 1 aromatic carbocycles. The number of aliphatic hydroxyl groups is 1. The van der Waals surface area contributed by atoms with Crippen molar-refractivity contribution in [2.24, 2.45) is 4.99 Å². The number of aldehydes is 1. The first-order valence-corrected chi connectivity index (χ1v) is 7.87. The lowest BCUT2D eigenvalue weighted by Crippen LogP contribution is -2.19. The van der Waals surface area contributed by atoms with Crippen molar-refractivity contribution >= 4 is 58.6 Å². The van der Waals surface area contributed by atoms with Gasteiger partial charge in [-0.3, -0.25) is 9.79 Å². The van der Waals surface area contributed by atoms with Crippen LogP contribution in [0.2, 0.25) is 10.0 Å². The van der Waals surface area contributed by atoms with E-state index in [0.29, 0.717) is 17.4 Å². The van der Waals surface area contributed by atoms with Gasteiger partial charge in [0.15, 0.2) is 6.29 Å². The molecule has 0 saturated heterocycles. The van der Waals surface area contributed by atoms with Crippen LogP contribution in [-0.4, -0.2) is 29.5 Å². The zero-order valence-electron chi connectivity index (χ0n) is 11.6. The summed E-state index contributed by atoms with van der Waals surface area (Å²) in [5.74, 6) is 0. The number of aliphatic hydroxyl groups excluding tert-OH is 1. The highest BCUT2D eigenvalue weighted by Crippen LogP contribution is 2.40. The standard InChI is InChI=1S/C14H10Cl3F2NO2S/c1-20-12(14(17,18)19)5-11(8(6-21)7-22)23-13-9(15)3-2-4-10(13)16/h2-7,21H,1H3/b8-6-,11-5+,20-12?. The van der Waals surface area contributed by atoms with E-state index in [1.54, 1.807) is 18.2 Å². The molecule has 0 aromatic heterocycles. The summed E-state index contributed by atoms with van der Waals surface area (Å²) < 4.78 is 26.5. The van der Waals surface area contributed by atoms with Gasteiger partial charge in [0.25, 0.3) is 0 Å². The lowest BCUT2D eigenvalue weighted by Gasteiger charge is -2.12. The van der Waals surface area contributed by atoms with E-state index in [2.05, 4.69) is 4.99 Å². The van der Waals surface area contributed by atoms with Gasteiger partial charge in [0.2, 0.25) is 0 Å². The second kappa shape index (κ2) is 8.68. The highest BCUT2D eigenvalue weighted by Gasteiger charge is 2.31. The molecule has 0 aliphatic carbocycles. The lowest BCUT2D eigenvalue weighted by molar-refractivity contribution is -0.104. The van der Waals surface area contributed by atoms with Crippen LogP contribution in [0.5, 0.6) is 0 Å². The lowest BCUT2D eigenvalue weighted by atomic mass is 10.2. The molecule has 1 N–H and O–H groups in total. The second-order valence-electron chi connectivity index (χ2n) is 3.97. The fourth-order valence-corrected chi connectivity index (χ4v) is 3.12. The molecule has 3 nitrogen and oxygen atoms in total. The van der Waals surface area contributed by atoms with Gasteiger partial charge in [-0.05, 0) is 29.8 Å². The van der Waals surface area contributed by atoms with E-state index in [1.807, 2.05) is 0 Å². The third kappa shape index (κ3) is 5.49. The minimum atomic E-state index is -3.74. The Morgan fingerprint density at radius 3 is 2.30 bits per heavy atom. The summed E-state index contributed by atoms with van der Waals surface area (Å²) >= 11 is 17.8. The van der Waals surface area contributed by atoms with E-state index in [4.69, 9.17) is 39.9 Å². The Balaban J connectivity index is 3.41. The van der Waals surface area contributed by atoms with Gasteiger partial charge in [-0.15, -0.1) is 0 Å². The first kappa shape index (κ1) is 20.0. The van der Waals surface area contributed by atoms with Gasteiger partial charge in [-0.2, -0.15) is 8.78 Å². The summed E-state index contributed by atoms with van der Waals surface area (Å²) in [5.41, 5.74) is -1.04. The number of allylic oxidation sites excluding steroid dienone is 2. The van der Waals surface area contributed by atoms with Crippen molar-refractivity contribution in [3.05, 3.63) is 51.1 Å². The average Bonchev–Trinajstić information content (AvgIpc) is 2.47. The van der Waals surface area contributed by atoms with Crippen molar-refractivity contribution in [2.75, 3.05) is 7.05 Å². The van der Waals surface area contributed by atoms with Crippen molar-refractivity contribution in [1.82, 2.24) is 0 Å². The molecule has 1 rings (SSSR count). The smallest absolute Gasteiger partial charge is 0.364 e. The van der Waals surface area contributed by atoms with Crippen molar-refractivity contribution < 1.29 is 18.7 Å². The van der Waals surface area contributed by atoms with Gasteiger partial charge in [0.05, 0.1) is 21.9 Å². The fourth-order valence-electron chi connectivity index (χ4n) is 1.41. The predicted octanol–water partition coefficient (Wildman–Crippen LogP) is 5.51. The van der Waals surface area contributed by atoms with Crippen LogP contribution < -0.4 is 0 Å². The Kier molecular flexibility index (Phi) is 7.54. The van der Waals surface area contributed by atoms with Crippen LogP contribution in [0.1, 0.15) is 0 Å². The molecule has 0 bridgehead atoms. The van der Waals surface area contributed by atoms with Crippen LogP contribution in [0.25, 0.3) is 0 Å². The third-order valence-corrected chi connectivity index (χ3v) is 4.75. The Hall–Kier alpha value is -1.08. The van der Waals surface area contributed by atoms with Crippen molar-refractivity contribution in [1.29, 1.82) is 0 Å². The molecule has 0 fully saturated rings. The molecule has 0 aliphatic heterocycles. The summed E-state index contributed by atoms with van der Waals surface area (Å²) in [6.07, 6.45) is 1.66. The molecule has 0 heterocycles. The van der Waals surface area contributed by atoms with Crippen LogP contribution in [0.15, 0.2) is 50.9 Å². The number of nitrogens with zero attached hydrogens (tertiary/aromatic N) is 1. The Bertz CT molecular complexity index is 665. The molecule has 0 atom stereocenters. The summed E-state index contributed by atoms with van der Waals surface area (Å²) in [6, 6.07) is 4.69. The van der Waals surface area contributed by atoms with Gasteiger partial charge >= 0.3 is 5.38 Å². The van der Waals surface area contributed by atoms with Crippen molar-refractivity contribution in [3.8, 4) is 0 Å². The molecule has 0 amide bonds. The zero-order valence-corrected chi connectivity index (χ0v) is 14.6. The topological polar surface area (TPSA) is 49.7 Å². The van der Waals surface area contributed by atoms with Crippen molar-refractivity contribution in [2.45, 2.75) is 10.3 Å². The van der Waals surface area contributed by atoms with Gasteiger partial charge in [-0.25, -0.2) is 0 Å². The van der Waals surface area contributed by atoms with Gasteiger partial charge in [-0.1, -0.05) is 41.0 Å². The first-order valence-electron chi connectivity index (χ1n) is 5.92. The molecule has 124 valence electrons. The van der Waals surface area contributed by atoms with Gasteiger partial charge in [0.1, 0.15) is 5.71 Å². The van der Waals surface area contributed by atoms with Crippen LogP contribution in [-0.2, 0) is 4.79 Å². The second-order valence-corrected chi connectivity index (χ2v) is 6.31. The molecule has 9 heteroatoms. The number of thioether (sulfide) groups is 1. The van der Waals surface area contributed by atoms with Gasteiger partial charge in [0, 0.05) is 16.8 Å². The number of hydrogen-bond acceptors (Lipinski definition) is 4. The number of carbonyl (C=O) groups is 1. The summed E-state index contributed by atoms with van der Waals surface area (Å²) in [7, 11) is 1.12. The highest BCUT2D eigenvalue weighted by atomic mass is 35.5.